The molecule has 5 heterocycles. The number of nitrogens with one attached hydrogen (secondary N) is 3. The van der Waals surface area contributed by atoms with Gasteiger partial charge >= 0.3 is 0 Å². The van der Waals surface area contributed by atoms with Gasteiger partial charge in [-0.05, 0) is 61.6 Å². The lowest BCUT2D eigenvalue weighted by molar-refractivity contribution is 0.226. The maximum atomic E-state index is 15.0. The molecule has 1 aliphatic carbocycles. The Bertz CT molecular complexity index is 1490. The van der Waals surface area contributed by atoms with E-state index in [2.05, 4.69) is 25.6 Å². The Morgan fingerprint density at radius 3 is 2.81 bits per heavy atom. The van der Waals surface area contributed by atoms with Crippen LogP contribution in [-0.4, -0.2) is 47.3 Å². The highest BCUT2D eigenvalue weighted by atomic mass is 19.1. The summed E-state index contributed by atoms with van der Waals surface area (Å²) < 4.78 is 21.5. The fourth-order valence-corrected chi connectivity index (χ4v) is 5.55. The van der Waals surface area contributed by atoms with Crippen LogP contribution < -0.4 is 21.1 Å². The fraction of sp³-hybridized carbons (Fsp3) is 0.321. The summed E-state index contributed by atoms with van der Waals surface area (Å²) in [6, 6.07) is 8.52. The number of fused-ring (bicyclic) bond motifs is 2. The molecule has 188 valence electrons. The van der Waals surface area contributed by atoms with E-state index in [0.717, 1.165) is 48.9 Å². The van der Waals surface area contributed by atoms with Crippen LogP contribution in [-0.2, 0) is 0 Å². The summed E-state index contributed by atoms with van der Waals surface area (Å²) >= 11 is 0. The van der Waals surface area contributed by atoms with Crippen molar-refractivity contribution in [3.05, 3.63) is 71.3 Å². The average Bonchev–Trinajstić information content (AvgIpc) is 3.56. The minimum atomic E-state index is -0.434. The molecule has 0 spiro atoms. The van der Waals surface area contributed by atoms with Crippen LogP contribution in [0.4, 0.5) is 4.39 Å². The minimum Gasteiger partial charge on any atom is -0.486 e. The van der Waals surface area contributed by atoms with Crippen LogP contribution in [0.3, 0.4) is 0 Å². The molecule has 2 aromatic heterocycles. The van der Waals surface area contributed by atoms with Crippen molar-refractivity contribution in [1.29, 1.82) is 0 Å². The number of hydrogen-bond acceptors (Lipinski definition) is 7. The second-order valence-corrected chi connectivity index (χ2v) is 9.99. The third kappa shape index (κ3) is 3.95. The maximum Gasteiger partial charge on any atom is 0.155 e. The first-order valence-corrected chi connectivity index (χ1v) is 12.8. The van der Waals surface area contributed by atoms with E-state index < -0.39 is 6.17 Å². The van der Waals surface area contributed by atoms with E-state index in [0.29, 0.717) is 34.4 Å². The number of nitrogens with two attached hydrogens (primary N) is 1. The largest absolute Gasteiger partial charge is 0.486 e. The lowest BCUT2D eigenvalue weighted by atomic mass is 9.94. The van der Waals surface area contributed by atoms with E-state index in [4.69, 9.17) is 15.5 Å². The van der Waals surface area contributed by atoms with Crippen molar-refractivity contribution in [2.24, 2.45) is 21.6 Å². The lowest BCUT2D eigenvalue weighted by Gasteiger charge is -2.30. The van der Waals surface area contributed by atoms with Gasteiger partial charge in [0.15, 0.2) is 5.75 Å². The summed E-state index contributed by atoms with van der Waals surface area (Å²) in [6.45, 7) is 1.61. The molecule has 0 amide bonds. The molecular formula is C28H28FN7O. The van der Waals surface area contributed by atoms with Gasteiger partial charge in [0.25, 0.3) is 0 Å². The molecule has 0 radical (unpaired) electrons. The first kappa shape index (κ1) is 22.4. The molecule has 3 aliphatic heterocycles. The second kappa shape index (κ2) is 8.93. The molecule has 1 aromatic carbocycles. The molecular weight excluding hydrogens is 469 g/mol. The number of H-pyrrole nitrogens is 1. The molecule has 7 rings (SSSR count). The van der Waals surface area contributed by atoms with Crippen LogP contribution in [0.15, 0.2) is 69.9 Å². The number of aliphatic imine (C=N–C) groups is 2. The fourth-order valence-electron chi connectivity index (χ4n) is 5.55. The summed E-state index contributed by atoms with van der Waals surface area (Å²) in [5.41, 5.74) is 11.3. The predicted molar refractivity (Wildman–Crippen MR) is 142 cm³/mol. The number of nitrogens with zero attached hydrogens (tertiary/aromatic N) is 3. The van der Waals surface area contributed by atoms with Gasteiger partial charge in [-0.15, -0.1) is 0 Å². The SMILES string of the molecule is NC1=NC(c2ccnc3[nH]c(-c4ccccc4F)c(OC4CCNC4)c23)NC2C=CN=CC(C3CC3)=C12. The Morgan fingerprint density at radius 1 is 1.11 bits per heavy atom. The number of aromatic nitrogens is 2. The van der Waals surface area contributed by atoms with E-state index in [1.807, 2.05) is 30.6 Å². The van der Waals surface area contributed by atoms with Crippen LogP contribution in [0.1, 0.15) is 31.0 Å². The number of amidine groups is 1. The van der Waals surface area contributed by atoms with E-state index >= 15 is 0 Å². The summed E-state index contributed by atoms with van der Waals surface area (Å²) in [7, 11) is 0. The Morgan fingerprint density at radius 2 is 2.00 bits per heavy atom. The summed E-state index contributed by atoms with van der Waals surface area (Å²) in [6.07, 6.45) is 10.2. The lowest BCUT2D eigenvalue weighted by Crippen LogP contribution is -2.43. The van der Waals surface area contributed by atoms with Gasteiger partial charge in [0, 0.05) is 41.9 Å². The molecule has 3 aromatic rings. The van der Waals surface area contributed by atoms with Crippen molar-refractivity contribution in [1.82, 2.24) is 20.6 Å². The van der Waals surface area contributed by atoms with Crippen LogP contribution in [0.5, 0.6) is 5.75 Å². The number of ether oxygens (including phenoxy) is 1. The zero-order chi connectivity index (χ0) is 24.9. The quantitative estimate of drug-likeness (QED) is 0.429. The molecule has 3 unspecified atom stereocenters. The van der Waals surface area contributed by atoms with Crippen molar-refractivity contribution < 1.29 is 9.13 Å². The molecule has 4 aliphatic rings. The van der Waals surface area contributed by atoms with E-state index in [1.54, 1.807) is 18.3 Å². The van der Waals surface area contributed by atoms with Crippen molar-refractivity contribution in [2.45, 2.75) is 37.6 Å². The molecule has 3 atom stereocenters. The smallest absolute Gasteiger partial charge is 0.155 e. The molecule has 0 bridgehead atoms. The number of benzene rings is 1. The highest BCUT2D eigenvalue weighted by Gasteiger charge is 2.36. The van der Waals surface area contributed by atoms with Gasteiger partial charge in [-0.3, -0.25) is 10.3 Å². The van der Waals surface area contributed by atoms with E-state index in [1.165, 1.54) is 11.6 Å². The van der Waals surface area contributed by atoms with Crippen LogP contribution in [0.25, 0.3) is 22.3 Å². The van der Waals surface area contributed by atoms with Crippen molar-refractivity contribution in [3.8, 4) is 17.0 Å². The first-order valence-electron chi connectivity index (χ1n) is 12.8. The van der Waals surface area contributed by atoms with Crippen molar-refractivity contribution in [2.75, 3.05) is 13.1 Å². The molecule has 5 N–H and O–H groups in total. The second-order valence-electron chi connectivity index (χ2n) is 9.99. The Kier molecular flexibility index (Phi) is 5.40. The third-order valence-corrected chi connectivity index (χ3v) is 7.52. The number of rotatable bonds is 5. The number of hydrogen-bond donors (Lipinski definition) is 4. The van der Waals surface area contributed by atoms with Gasteiger partial charge in [-0.25, -0.2) is 14.4 Å². The van der Waals surface area contributed by atoms with Gasteiger partial charge in [-0.2, -0.15) is 0 Å². The minimum absolute atomic E-state index is 0.0250. The number of aromatic amines is 1. The Balaban J connectivity index is 1.38. The predicted octanol–water partition coefficient (Wildman–Crippen LogP) is 3.74. The number of pyridine rings is 1. The average molecular weight is 498 g/mol. The zero-order valence-electron chi connectivity index (χ0n) is 20.2. The first-order chi connectivity index (χ1) is 18.2. The van der Waals surface area contributed by atoms with Gasteiger partial charge in [0.1, 0.15) is 29.6 Å². The Labute approximate surface area is 213 Å². The number of allylic oxidation sites excluding steroid dienone is 1. The Hall–Kier alpha value is -3.82. The van der Waals surface area contributed by atoms with Crippen molar-refractivity contribution in [3.63, 3.8) is 0 Å². The van der Waals surface area contributed by atoms with E-state index in [9.17, 15) is 4.39 Å². The molecule has 1 saturated heterocycles. The molecule has 9 heteroatoms. The molecule has 8 nitrogen and oxygen atoms in total. The highest BCUT2D eigenvalue weighted by Crippen LogP contribution is 2.43. The molecule has 37 heavy (non-hydrogen) atoms. The summed E-state index contributed by atoms with van der Waals surface area (Å²) in [5, 5.41) is 7.78. The monoisotopic (exact) mass is 497 g/mol. The van der Waals surface area contributed by atoms with Gasteiger partial charge < -0.3 is 20.8 Å². The number of halogens is 1. The zero-order valence-corrected chi connectivity index (χ0v) is 20.2. The van der Waals surface area contributed by atoms with Crippen LogP contribution >= 0.6 is 0 Å². The third-order valence-electron chi connectivity index (χ3n) is 7.52. The van der Waals surface area contributed by atoms with Crippen LogP contribution in [0.2, 0.25) is 0 Å². The van der Waals surface area contributed by atoms with E-state index in [-0.39, 0.29) is 18.0 Å². The maximum absolute atomic E-state index is 15.0. The van der Waals surface area contributed by atoms with Gasteiger partial charge in [0.2, 0.25) is 0 Å². The van der Waals surface area contributed by atoms with Crippen molar-refractivity contribution >= 4 is 23.1 Å². The molecule has 2 fully saturated rings. The van der Waals surface area contributed by atoms with Crippen LogP contribution in [0, 0.1) is 11.7 Å². The normalized spacial score (nSPS) is 25.3. The highest BCUT2D eigenvalue weighted by molar-refractivity contribution is 6.05. The topological polar surface area (TPSA) is 113 Å². The van der Waals surface area contributed by atoms with Gasteiger partial charge in [0.05, 0.1) is 17.1 Å². The van der Waals surface area contributed by atoms with Gasteiger partial charge in [-0.1, -0.05) is 12.1 Å². The molecule has 1 saturated carbocycles. The standard InChI is InChI=1S/C28H28FN7O/c29-20-4-2-1-3-17(20)24-25(37-16-7-10-31-13-16)23-18(8-12-33-28(23)35-24)27-34-21-9-11-32-14-19(15-5-6-15)22(21)26(30)36-27/h1-4,8-9,11-12,14-16,21,27,31,34H,5-7,10,13H2,(H2,30,36)(H,33,35). The summed E-state index contributed by atoms with van der Waals surface area (Å²) in [5.74, 6) is 1.28. The summed E-state index contributed by atoms with van der Waals surface area (Å²) in [4.78, 5) is 17.3.